The van der Waals surface area contributed by atoms with Gasteiger partial charge in [0.15, 0.2) is 0 Å². The number of hydrogen-bond donors (Lipinski definition) is 2. The number of nitrogens with two attached hydrogens (primary N) is 1. The highest BCUT2D eigenvalue weighted by atomic mass is 32.2. The first-order valence-electron chi connectivity index (χ1n) is 6.17. The van der Waals surface area contributed by atoms with Crippen LogP contribution in [0.25, 0.3) is 0 Å². The Bertz CT molecular complexity index is 665. The molecule has 0 saturated carbocycles. The Balaban J connectivity index is 1.88. The van der Waals surface area contributed by atoms with Gasteiger partial charge in [0.2, 0.25) is 15.2 Å². The predicted octanol–water partition coefficient (Wildman–Crippen LogP) is 1.40. The molecule has 0 saturated heterocycles. The summed E-state index contributed by atoms with van der Waals surface area (Å²) in [6.07, 6.45) is 1.60. The number of rotatable bonds is 6. The van der Waals surface area contributed by atoms with Gasteiger partial charge in [0.1, 0.15) is 5.82 Å². The van der Waals surface area contributed by atoms with Crippen molar-refractivity contribution in [3.63, 3.8) is 0 Å². The van der Waals surface area contributed by atoms with Crippen LogP contribution in [0.3, 0.4) is 0 Å². The van der Waals surface area contributed by atoms with Crippen LogP contribution in [-0.2, 0) is 22.9 Å². The second-order valence-corrected chi connectivity index (χ2v) is 6.55. The molecule has 20 heavy (non-hydrogen) atoms. The van der Waals surface area contributed by atoms with Crippen LogP contribution in [0.1, 0.15) is 18.3 Å². The number of nitrogens with one attached hydrogen (secondary N) is 1. The Kier molecular flexibility index (Phi) is 4.69. The summed E-state index contributed by atoms with van der Waals surface area (Å²) in [6.45, 7) is 2.73. The predicted molar refractivity (Wildman–Crippen MR) is 79.3 cm³/mol. The van der Waals surface area contributed by atoms with E-state index in [2.05, 4.69) is 14.7 Å². The third-order valence-electron chi connectivity index (χ3n) is 2.73. The number of nitrogens with zero attached hydrogens (tertiary/aromatic N) is 2. The Morgan fingerprint density at radius 1 is 1.30 bits per heavy atom. The van der Waals surface area contributed by atoms with Crippen molar-refractivity contribution >= 4 is 26.7 Å². The summed E-state index contributed by atoms with van der Waals surface area (Å²) < 4.78 is 26.4. The van der Waals surface area contributed by atoms with Crippen LogP contribution < -0.4 is 10.5 Å². The highest BCUT2D eigenvalue weighted by Gasteiger charge is 2.06. The Labute approximate surface area is 122 Å². The van der Waals surface area contributed by atoms with Gasteiger partial charge in [-0.25, -0.2) is 18.5 Å². The minimum atomic E-state index is -3.62. The summed E-state index contributed by atoms with van der Waals surface area (Å²) in [4.78, 5) is 4.44. The molecule has 6 nitrogen and oxygen atoms in total. The van der Waals surface area contributed by atoms with Crippen LogP contribution in [0.4, 0.5) is 5.13 Å². The zero-order valence-electron chi connectivity index (χ0n) is 11.0. The average Bonchev–Trinajstić information content (AvgIpc) is 2.86. The smallest absolute Gasteiger partial charge is 0.238 e. The molecule has 0 aliphatic heterocycles. The fourth-order valence-corrected chi connectivity index (χ4v) is 2.82. The van der Waals surface area contributed by atoms with Crippen molar-refractivity contribution in [1.29, 1.82) is 0 Å². The minimum absolute atomic E-state index is 0.130. The van der Waals surface area contributed by atoms with Gasteiger partial charge in [-0.2, -0.15) is 4.37 Å². The van der Waals surface area contributed by atoms with Gasteiger partial charge >= 0.3 is 0 Å². The zero-order chi connectivity index (χ0) is 14.6. The lowest BCUT2D eigenvalue weighted by molar-refractivity contribution is 0.598. The van der Waals surface area contributed by atoms with Crippen LogP contribution in [0, 0.1) is 0 Å². The van der Waals surface area contributed by atoms with Crippen molar-refractivity contribution in [1.82, 2.24) is 9.36 Å². The van der Waals surface area contributed by atoms with Crippen LogP contribution >= 0.6 is 11.5 Å². The molecule has 8 heteroatoms. The standard InChI is InChI=1S/C12H16N4O2S2/c1-2-11-15-12(19-16-11)14-8-7-9-3-5-10(6-4-9)20(13,17)18/h3-6H,2,7-8H2,1H3,(H2,13,17,18)(H,14,15,16). The molecule has 3 N–H and O–H groups in total. The third-order valence-corrected chi connectivity index (χ3v) is 4.37. The van der Waals surface area contributed by atoms with Gasteiger partial charge in [0.25, 0.3) is 0 Å². The van der Waals surface area contributed by atoms with Crippen molar-refractivity contribution in [2.24, 2.45) is 5.14 Å². The molecule has 2 rings (SSSR count). The van der Waals surface area contributed by atoms with E-state index in [4.69, 9.17) is 5.14 Å². The quantitative estimate of drug-likeness (QED) is 0.840. The first-order chi connectivity index (χ1) is 9.49. The monoisotopic (exact) mass is 312 g/mol. The molecule has 108 valence electrons. The lowest BCUT2D eigenvalue weighted by Crippen LogP contribution is -2.12. The molecule has 0 spiro atoms. The SMILES string of the molecule is CCc1nsc(NCCc2ccc(S(N)(=O)=O)cc2)n1. The largest absolute Gasteiger partial charge is 0.360 e. The summed E-state index contributed by atoms with van der Waals surface area (Å²) >= 11 is 1.35. The number of aromatic nitrogens is 2. The maximum Gasteiger partial charge on any atom is 0.238 e. The van der Waals surface area contributed by atoms with E-state index >= 15 is 0 Å². The fourth-order valence-electron chi connectivity index (χ4n) is 1.63. The summed E-state index contributed by atoms with van der Waals surface area (Å²) in [5, 5.41) is 9.05. The molecule has 0 unspecified atom stereocenters. The topological polar surface area (TPSA) is 98.0 Å². The molecule has 1 heterocycles. The summed E-state index contributed by atoms with van der Waals surface area (Å²) in [7, 11) is -3.62. The average molecular weight is 312 g/mol. The van der Waals surface area contributed by atoms with Crippen molar-refractivity contribution in [3.05, 3.63) is 35.7 Å². The number of sulfonamides is 1. The van der Waals surface area contributed by atoms with Gasteiger partial charge < -0.3 is 5.32 Å². The lowest BCUT2D eigenvalue weighted by atomic mass is 10.1. The van der Waals surface area contributed by atoms with Crippen molar-refractivity contribution in [2.75, 3.05) is 11.9 Å². The highest BCUT2D eigenvalue weighted by molar-refractivity contribution is 7.89. The summed E-state index contributed by atoms with van der Waals surface area (Å²) in [5.74, 6) is 0.843. The number of anilines is 1. The summed E-state index contributed by atoms with van der Waals surface area (Å²) in [6, 6.07) is 6.56. The number of hydrogen-bond acceptors (Lipinski definition) is 6. The fraction of sp³-hybridized carbons (Fsp3) is 0.333. The molecule has 0 aliphatic carbocycles. The van der Waals surface area contributed by atoms with E-state index in [1.807, 2.05) is 6.92 Å². The first kappa shape index (κ1) is 14.9. The maximum absolute atomic E-state index is 11.1. The van der Waals surface area contributed by atoms with E-state index in [-0.39, 0.29) is 4.90 Å². The minimum Gasteiger partial charge on any atom is -0.360 e. The van der Waals surface area contributed by atoms with Crippen molar-refractivity contribution < 1.29 is 8.42 Å². The Hall–Kier alpha value is -1.51. The van der Waals surface area contributed by atoms with Gasteiger partial charge in [-0.05, 0) is 24.1 Å². The van der Waals surface area contributed by atoms with E-state index in [9.17, 15) is 8.42 Å². The van der Waals surface area contributed by atoms with Gasteiger partial charge in [0.05, 0.1) is 4.90 Å². The van der Waals surface area contributed by atoms with E-state index in [0.29, 0.717) is 6.54 Å². The van der Waals surface area contributed by atoms with Crippen molar-refractivity contribution in [2.45, 2.75) is 24.7 Å². The van der Waals surface area contributed by atoms with E-state index in [1.165, 1.54) is 23.7 Å². The third kappa shape index (κ3) is 3.99. The van der Waals surface area contributed by atoms with Gasteiger partial charge in [0, 0.05) is 24.5 Å². The highest BCUT2D eigenvalue weighted by Crippen LogP contribution is 2.12. The molecule has 0 bridgehead atoms. The van der Waals surface area contributed by atoms with Gasteiger partial charge in [-0.1, -0.05) is 19.1 Å². The molecule has 1 aromatic carbocycles. The molecule has 0 fully saturated rings. The lowest BCUT2D eigenvalue weighted by Gasteiger charge is -2.04. The maximum atomic E-state index is 11.1. The van der Waals surface area contributed by atoms with E-state index < -0.39 is 10.0 Å². The molecule has 2 aromatic rings. The van der Waals surface area contributed by atoms with E-state index in [1.54, 1.807) is 12.1 Å². The van der Waals surface area contributed by atoms with Gasteiger partial charge in [-0.3, -0.25) is 0 Å². The van der Waals surface area contributed by atoms with Crippen molar-refractivity contribution in [3.8, 4) is 0 Å². The molecule has 0 atom stereocenters. The van der Waals surface area contributed by atoms with Crippen LogP contribution in [-0.4, -0.2) is 24.3 Å². The Morgan fingerprint density at radius 2 is 2.00 bits per heavy atom. The normalized spacial score (nSPS) is 11.5. The number of aryl methyl sites for hydroxylation is 1. The molecule has 0 aliphatic rings. The van der Waals surface area contributed by atoms with Crippen LogP contribution in [0.2, 0.25) is 0 Å². The zero-order valence-corrected chi connectivity index (χ0v) is 12.7. The number of primary sulfonamides is 1. The second kappa shape index (κ2) is 6.29. The first-order valence-corrected chi connectivity index (χ1v) is 8.49. The summed E-state index contributed by atoms with van der Waals surface area (Å²) in [5.41, 5.74) is 1.03. The number of benzene rings is 1. The van der Waals surface area contributed by atoms with Crippen LogP contribution in [0.15, 0.2) is 29.2 Å². The van der Waals surface area contributed by atoms with E-state index in [0.717, 1.165) is 29.4 Å². The van der Waals surface area contributed by atoms with Gasteiger partial charge in [-0.15, -0.1) is 0 Å². The molecule has 1 aromatic heterocycles. The molecule has 0 radical (unpaired) electrons. The van der Waals surface area contributed by atoms with Crippen LogP contribution in [0.5, 0.6) is 0 Å². The molecule has 0 amide bonds. The molecular formula is C12H16N4O2S2. The second-order valence-electron chi connectivity index (χ2n) is 4.24. The molecular weight excluding hydrogens is 296 g/mol. The Morgan fingerprint density at radius 3 is 2.55 bits per heavy atom.